The van der Waals surface area contributed by atoms with Crippen LogP contribution in [0.3, 0.4) is 0 Å². The van der Waals surface area contributed by atoms with E-state index in [1.165, 1.54) is 0 Å². The smallest absolute Gasteiger partial charge is 0.156 e. The number of aromatic nitrogens is 4. The predicted molar refractivity (Wildman–Crippen MR) is 92.7 cm³/mol. The van der Waals surface area contributed by atoms with Crippen molar-refractivity contribution in [2.24, 2.45) is 7.05 Å². The normalized spacial score (nSPS) is 11.4. The zero-order chi connectivity index (χ0) is 15.8. The minimum absolute atomic E-state index is 0.0476. The summed E-state index contributed by atoms with van der Waals surface area (Å²) < 4.78 is 1.96. The van der Waals surface area contributed by atoms with Crippen molar-refractivity contribution in [1.29, 1.82) is 0 Å². The Labute approximate surface area is 136 Å². The zero-order valence-corrected chi connectivity index (χ0v) is 13.3. The van der Waals surface area contributed by atoms with Gasteiger partial charge in [-0.25, -0.2) is 15.0 Å². The molecule has 4 aromatic rings. The Morgan fingerprint density at radius 2 is 2.00 bits per heavy atom. The Morgan fingerprint density at radius 1 is 1.17 bits per heavy atom. The number of aliphatic hydroxyl groups is 1. The summed E-state index contributed by atoms with van der Waals surface area (Å²) in [5.74, 6) is 0.686. The molecule has 6 nitrogen and oxygen atoms in total. The highest BCUT2D eigenvalue weighted by Crippen LogP contribution is 2.34. The molecule has 3 heterocycles. The van der Waals surface area contributed by atoms with Gasteiger partial charge in [-0.3, -0.25) is 0 Å². The molecule has 0 spiro atoms. The first-order valence-electron chi connectivity index (χ1n) is 7.29. The quantitative estimate of drug-likeness (QED) is 0.603. The molecule has 0 amide bonds. The lowest BCUT2D eigenvalue weighted by atomic mass is 10.2. The number of aliphatic hydroxyl groups excluding tert-OH is 1. The monoisotopic (exact) mass is 325 g/mol. The standard InChI is InChI=1S/C16H15N5OS/c1-21-9-18-11-13(21)12-16(20-14(11)17-7-8-22)23-15(19-12)10-5-3-2-4-6-10/h2-6,9,22H,7-8H2,1H3,(H,17,20). The maximum Gasteiger partial charge on any atom is 0.156 e. The van der Waals surface area contributed by atoms with Gasteiger partial charge in [0.2, 0.25) is 0 Å². The summed E-state index contributed by atoms with van der Waals surface area (Å²) in [7, 11) is 1.95. The van der Waals surface area contributed by atoms with Gasteiger partial charge in [-0.15, -0.1) is 0 Å². The topological polar surface area (TPSA) is 75.9 Å². The lowest BCUT2D eigenvalue weighted by Crippen LogP contribution is -2.07. The number of anilines is 1. The third-order valence-electron chi connectivity index (χ3n) is 3.63. The molecule has 0 radical (unpaired) electrons. The fourth-order valence-corrected chi connectivity index (χ4v) is 3.53. The third kappa shape index (κ3) is 2.34. The second-order valence-corrected chi connectivity index (χ2v) is 6.18. The number of nitrogens with one attached hydrogen (secondary N) is 1. The minimum atomic E-state index is 0.0476. The summed E-state index contributed by atoms with van der Waals surface area (Å²) >= 11 is 1.56. The molecule has 0 bridgehead atoms. The summed E-state index contributed by atoms with van der Waals surface area (Å²) in [6, 6.07) is 10.1. The summed E-state index contributed by atoms with van der Waals surface area (Å²) in [5.41, 5.74) is 3.67. The molecule has 0 fully saturated rings. The molecule has 7 heteroatoms. The number of thiazole rings is 1. The molecule has 0 unspecified atom stereocenters. The van der Waals surface area contributed by atoms with Gasteiger partial charge in [0.15, 0.2) is 5.82 Å². The maximum absolute atomic E-state index is 9.05. The lowest BCUT2D eigenvalue weighted by molar-refractivity contribution is 0.311. The molecule has 0 saturated heterocycles. The Hall–Kier alpha value is -2.51. The fourth-order valence-electron chi connectivity index (χ4n) is 2.58. The van der Waals surface area contributed by atoms with Crippen LogP contribution < -0.4 is 5.32 Å². The Morgan fingerprint density at radius 3 is 2.78 bits per heavy atom. The van der Waals surface area contributed by atoms with E-state index in [2.05, 4.69) is 15.3 Å². The first-order chi connectivity index (χ1) is 11.3. The van der Waals surface area contributed by atoms with Gasteiger partial charge in [-0.2, -0.15) is 0 Å². The average Bonchev–Trinajstić information content (AvgIpc) is 3.17. The summed E-state index contributed by atoms with van der Waals surface area (Å²) in [5, 5.41) is 13.1. The second-order valence-electron chi connectivity index (χ2n) is 5.20. The van der Waals surface area contributed by atoms with E-state index in [9.17, 15) is 0 Å². The Bertz CT molecular complexity index is 976. The first kappa shape index (κ1) is 14.1. The first-order valence-corrected chi connectivity index (χ1v) is 8.11. The van der Waals surface area contributed by atoms with Crippen LogP contribution in [0.15, 0.2) is 36.7 Å². The van der Waals surface area contributed by atoms with Crippen LogP contribution in [0.2, 0.25) is 0 Å². The van der Waals surface area contributed by atoms with Gasteiger partial charge >= 0.3 is 0 Å². The van der Waals surface area contributed by atoms with Gasteiger partial charge in [0, 0.05) is 19.2 Å². The van der Waals surface area contributed by atoms with Crippen LogP contribution in [-0.2, 0) is 7.05 Å². The number of fused-ring (bicyclic) bond motifs is 3. The van der Waals surface area contributed by atoms with E-state index in [0.717, 1.165) is 32.0 Å². The van der Waals surface area contributed by atoms with Crippen molar-refractivity contribution in [3.63, 3.8) is 0 Å². The second kappa shape index (κ2) is 5.60. The van der Waals surface area contributed by atoms with Crippen molar-refractivity contribution in [3.05, 3.63) is 36.7 Å². The maximum atomic E-state index is 9.05. The molecular weight excluding hydrogens is 310 g/mol. The Kier molecular flexibility index (Phi) is 3.44. The van der Waals surface area contributed by atoms with Crippen LogP contribution in [0.4, 0.5) is 5.82 Å². The predicted octanol–water partition coefficient (Wildman–Crippen LogP) is 2.65. The molecule has 0 aliphatic heterocycles. The van der Waals surface area contributed by atoms with E-state index in [4.69, 9.17) is 10.1 Å². The van der Waals surface area contributed by atoms with Crippen LogP contribution in [0, 0.1) is 0 Å². The number of rotatable bonds is 4. The van der Waals surface area contributed by atoms with E-state index in [-0.39, 0.29) is 6.61 Å². The molecule has 0 aliphatic rings. The van der Waals surface area contributed by atoms with Crippen LogP contribution in [-0.4, -0.2) is 37.8 Å². The number of hydrogen-bond donors (Lipinski definition) is 2. The van der Waals surface area contributed by atoms with E-state index in [0.29, 0.717) is 12.4 Å². The minimum Gasteiger partial charge on any atom is -0.395 e. The highest BCUT2D eigenvalue weighted by molar-refractivity contribution is 7.21. The molecule has 4 rings (SSSR count). The molecule has 0 atom stereocenters. The fraction of sp³-hybridized carbons (Fsp3) is 0.188. The van der Waals surface area contributed by atoms with Crippen molar-refractivity contribution >= 4 is 38.5 Å². The van der Waals surface area contributed by atoms with Crippen LogP contribution in [0.25, 0.3) is 32.0 Å². The zero-order valence-electron chi connectivity index (χ0n) is 12.5. The molecule has 2 N–H and O–H groups in total. The summed E-state index contributed by atoms with van der Waals surface area (Å²) in [6.07, 6.45) is 1.76. The molecular formula is C16H15N5OS. The SMILES string of the molecule is Cn1cnc2c(NCCO)nc3sc(-c4ccccc4)nc3c21. The van der Waals surface area contributed by atoms with Gasteiger partial charge in [0.1, 0.15) is 26.4 Å². The largest absolute Gasteiger partial charge is 0.395 e. The summed E-state index contributed by atoms with van der Waals surface area (Å²) in [6.45, 7) is 0.487. The lowest BCUT2D eigenvalue weighted by Gasteiger charge is -2.05. The molecule has 0 aliphatic carbocycles. The van der Waals surface area contributed by atoms with Gasteiger partial charge in [0.05, 0.1) is 12.9 Å². The highest BCUT2D eigenvalue weighted by Gasteiger charge is 2.17. The van der Waals surface area contributed by atoms with Crippen LogP contribution in [0.1, 0.15) is 0 Å². The van der Waals surface area contributed by atoms with E-state index < -0.39 is 0 Å². The molecule has 116 valence electrons. The van der Waals surface area contributed by atoms with Crippen molar-refractivity contribution in [2.75, 3.05) is 18.5 Å². The van der Waals surface area contributed by atoms with Crippen molar-refractivity contribution < 1.29 is 5.11 Å². The highest BCUT2D eigenvalue weighted by atomic mass is 32.1. The van der Waals surface area contributed by atoms with Gasteiger partial charge < -0.3 is 15.0 Å². The number of aryl methyl sites for hydroxylation is 1. The average molecular weight is 325 g/mol. The number of hydrogen-bond acceptors (Lipinski definition) is 6. The van der Waals surface area contributed by atoms with Crippen LogP contribution in [0.5, 0.6) is 0 Å². The summed E-state index contributed by atoms with van der Waals surface area (Å²) in [4.78, 5) is 14.7. The third-order valence-corrected chi connectivity index (χ3v) is 4.63. The Balaban J connectivity index is 1.96. The molecule has 1 aromatic carbocycles. The molecule has 23 heavy (non-hydrogen) atoms. The number of benzene rings is 1. The van der Waals surface area contributed by atoms with Gasteiger partial charge in [-0.1, -0.05) is 41.7 Å². The van der Waals surface area contributed by atoms with E-state index in [1.807, 2.05) is 41.9 Å². The van der Waals surface area contributed by atoms with Gasteiger partial charge in [0.25, 0.3) is 0 Å². The van der Waals surface area contributed by atoms with Crippen molar-refractivity contribution in [1.82, 2.24) is 19.5 Å². The van der Waals surface area contributed by atoms with Crippen molar-refractivity contribution in [2.45, 2.75) is 0 Å². The molecule has 0 saturated carbocycles. The van der Waals surface area contributed by atoms with Crippen molar-refractivity contribution in [3.8, 4) is 10.6 Å². The molecule has 3 aromatic heterocycles. The van der Waals surface area contributed by atoms with Gasteiger partial charge in [-0.05, 0) is 0 Å². The van der Waals surface area contributed by atoms with Crippen LogP contribution >= 0.6 is 11.3 Å². The number of imidazole rings is 1. The number of pyridine rings is 1. The van der Waals surface area contributed by atoms with E-state index in [1.54, 1.807) is 17.7 Å². The van der Waals surface area contributed by atoms with E-state index >= 15 is 0 Å². The number of nitrogens with zero attached hydrogens (tertiary/aromatic N) is 4.